The van der Waals surface area contributed by atoms with Crippen LogP contribution in [-0.4, -0.2) is 30.2 Å². The summed E-state index contributed by atoms with van der Waals surface area (Å²) in [6, 6.07) is 18.1. The third kappa shape index (κ3) is 6.14. The number of aliphatic imine (C=N–C) groups is 1. The van der Waals surface area contributed by atoms with Crippen LogP contribution in [0, 0.1) is 0 Å². The number of phenolic OH excluding ortho intramolecular Hbond substituents is 1. The standard InChI is InChI=1S/C21H29N3O/c1-4-22-21(23-14-13-18-9-8-12-20(25)15-18)24-17(3)16(2)19-10-6-5-7-11-19/h5-12,15-17,25H,4,13-14H2,1-3H3,(H2,22,23,24). The third-order valence-electron chi connectivity index (χ3n) is 4.36. The maximum Gasteiger partial charge on any atom is 0.191 e. The molecule has 0 heterocycles. The molecule has 0 aliphatic heterocycles. The van der Waals surface area contributed by atoms with Crippen molar-refractivity contribution < 1.29 is 5.11 Å². The van der Waals surface area contributed by atoms with Crippen LogP contribution in [0.15, 0.2) is 59.6 Å². The van der Waals surface area contributed by atoms with Gasteiger partial charge >= 0.3 is 0 Å². The molecule has 0 aliphatic rings. The molecule has 4 heteroatoms. The highest BCUT2D eigenvalue weighted by atomic mass is 16.3. The van der Waals surface area contributed by atoms with E-state index in [1.807, 2.05) is 18.2 Å². The first-order valence-electron chi connectivity index (χ1n) is 8.98. The average molecular weight is 339 g/mol. The number of nitrogens with one attached hydrogen (secondary N) is 2. The smallest absolute Gasteiger partial charge is 0.191 e. The molecule has 0 bridgehead atoms. The van der Waals surface area contributed by atoms with Gasteiger partial charge in [-0.15, -0.1) is 0 Å². The number of nitrogens with zero attached hydrogens (tertiary/aromatic N) is 1. The maximum absolute atomic E-state index is 9.53. The Morgan fingerprint density at radius 1 is 1.08 bits per heavy atom. The molecule has 0 fully saturated rings. The zero-order valence-corrected chi connectivity index (χ0v) is 15.4. The molecule has 0 aliphatic carbocycles. The van der Waals surface area contributed by atoms with Gasteiger partial charge in [0.05, 0.1) is 0 Å². The second-order valence-electron chi connectivity index (χ2n) is 6.31. The van der Waals surface area contributed by atoms with Gasteiger partial charge in [-0.05, 0) is 43.5 Å². The molecular weight excluding hydrogens is 310 g/mol. The topological polar surface area (TPSA) is 56.7 Å². The number of hydrogen-bond acceptors (Lipinski definition) is 2. The highest BCUT2D eigenvalue weighted by Crippen LogP contribution is 2.18. The Morgan fingerprint density at radius 2 is 1.84 bits per heavy atom. The minimum atomic E-state index is 0.265. The van der Waals surface area contributed by atoms with Crippen molar-refractivity contribution >= 4 is 5.96 Å². The van der Waals surface area contributed by atoms with E-state index in [4.69, 9.17) is 0 Å². The summed E-state index contributed by atoms with van der Waals surface area (Å²) >= 11 is 0. The van der Waals surface area contributed by atoms with Crippen LogP contribution in [0.5, 0.6) is 5.75 Å². The van der Waals surface area contributed by atoms with Crippen molar-refractivity contribution in [3.8, 4) is 5.75 Å². The molecule has 0 amide bonds. The molecule has 0 aromatic heterocycles. The summed E-state index contributed by atoms with van der Waals surface area (Å²) in [6.07, 6.45) is 0.799. The lowest BCUT2D eigenvalue weighted by Crippen LogP contribution is -2.44. The molecule has 2 aromatic carbocycles. The lowest BCUT2D eigenvalue weighted by atomic mass is 9.94. The van der Waals surface area contributed by atoms with Crippen LogP contribution in [0.4, 0.5) is 0 Å². The minimum absolute atomic E-state index is 0.265. The summed E-state index contributed by atoms with van der Waals surface area (Å²) in [5.41, 5.74) is 2.41. The van der Waals surface area contributed by atoms with Gasteiger partial charge in [0.25, 0.3) is 0 Å². The molecule has 2 rings (SSSR count). The molecule has 2 unspecified atom stereocenters. The van der Waals surface area contributed by atoms with E-state index in [2.05, 4.69) is 60.7 Å². The molecule has 4 nitrogen and oxygen atoms in total. The number of hydrogen-bond donors (Lipinski definition) is 3. The first-order chi connectivity index (χ1) is 12.1. The number of phenols is 1. The van der Waals surface area contributed by atoms with Crippen LogP contribution in [0.25, 0.3) is 0 Å². The molecule has 3 N–H and O–H groups in total. The average Bonchev–Trinajstić information content (AvgIpc) is 2.62. The molecule has 25 heavy (non-hydrogen) atoms. The first kappa shape index (κ1) is 18.8. The van der Waals surface area contributed by atoms with E-state index in [0.29, 0.717) is 18.2 Å². The predicted octanol–water partition coefficient (Wildman–Crippen LogP) is 3.68. The second-order valence-corrected chi connectivity index (χ2v) is 6.31. The zero-order valence-electron chi connectivity index (χ0n) is 15.4. The van der Waals surface area contributed by atoms with Crippen LogP contribution in [0.3, 0.4) is 0 Å². The van der Waals surface area contributed by atoms with Crippen molar-refractivity contribution in [3.63, 3.8) is 0 Å². The number of aromatic hydroxyl groups is 1. The molecule has 2 atom stereocenters. The number of benzene rings is 2. The molecule has 0 saturated heterocycles. The van der Waals surface area contributed by atoms with Gasteiger partial charge in [-0.25, -0.2) is 0 Å². The maximum atomic E-state index is 9.53. The summed E-state index contributed by atoms with van der Waals surface area (Å²) in [4.78, 5) is 4.67. The third-order valence-corrected chi connectivity index (χ3v) is 4.36. The summed E-state index contributed by atoms with van der Waals surface area (Å²) in [6.45, 7) is 7.97. The van der Waals surface area contributed by atoms with Crippen LogP contribution in [0.2, 0.25) is 0 Å². The van der Waals surface area contributed by atoms with E-state index in [9.17, 15) is 5.11 Å². The van der Waals surface area contributed by atoms with Gasteiger partial charge in [-0.3, -0.25) is 4.99 Å². The summed E-state index contributed by atoms with van der Waals surface area (Å²) in [7, 11) is 0. The minimum Gasteiger partial charge on any atom is -0.508 e. The number of rotatable bonds is 7. The highest BCUT2D eigenvalue weighted by Gasteiger charge is 2.15. The molecule has 0 radical (unpaired) electrons. The fourth-order valence-electron chi connectivity index (χ4n) is 2.71. The SMILES string of the molecule is CCNC(=NCCc1cccc(O)c1)NC(C)C(C)c1ccccc1. The monoisotopic (exact) mass is 339 g/mol. The Balaban J connectivity index is 1.94. The first-order valence-corrected chi connectivity index (χ1v) is 8.98. The second kappa shape index (κ2) is 9.72. The highest BCUT2D eigenvalue weighted by molar-refractivity contribution is 5.80. The molecular formula is C21H29N3O. The van der Waals surface area contributed by atoms with Gasteiger partial charge < -0.3 is 15.7 Å². The van der Waals surface area contributed by atoms with Crippen molar-refractivity contribution in [1.29, 1.82) is 0 Å². The van der Waals surface area contributed by atoms with Crippen molar-refractivity contribution in [1.82, 2.24) is 10.6 Å². The Kier molecular flexibility index (Phi) is 7.33. The molecule has 134 valence electrons. The van der Waals surface area contributed by atoms with Crippen molar-refractivity contribution in [2.75, 3.05) is 13.1 Å². The van der Waals surface area contributed by atoms with Crippen molar-refractivity contribution in [3.05, 3.63) is 65.7 Å². The van der Waals surface area contributed by atoms with Gasteiger partial charge in [0.15, 0.2) is 5.96 Å². The largest absolute Gasteiger partial charge is 0.508 e. The summed E-state index contributed by atoms with van der Waals surface area (Å²) in [5.74, 6) is 1.52. The van der Waals surface area contributed by atoms with Gasteiger partial charge in [-0.2, -0.15) is 0 Å². The van der Waals surface area contributed by atoms with Gasteiger partial charge in [0.2, 0.25) is 0 Å². The Hall–Kier alpha value is -2.49. The fourth-order valence-corrected chi connectivity index (χ4v) is 2.71. The number of guanidine groups is 1. The molecule has 2 aromatic rings. The van der Waals surface area contributed by atoms with E-state index < -0.39 is 0 Å². The van der Waals surface area contributed by atoms with E-state index >= 15 is 0 Å². The lowest BCUT2D eigenvalue weighted by molar-refractivity contribution is 0.474. The van der Waals surface area contributed by atoms with Crippen LogP contribution < -0.4 is 10.6 Å². The quantitative estimate of drug-likeness (QED) is 0.533. The predicted molar refractivity (Wildman–Crippen MR) is 105 cm³/mol. The van der Waals surface area contributed by atoms with E-state index in [0.717, 1.165) is 24.5 Å². The normalized spacial score (nSPS) is 14.0. The Morgan fingerprint density at radius 3 is 2.52 bits per heavy atom. The summed E-state index contributed by atoms with van der Waals surface area (Å²) in [5, 5.41) is 16.3. The van der Waals surface area contributed by atoms with E-state index in [1.54, 1.807) is 12.1 Å². The lowest BCUT2D eigenvalue weighted by Gasteiger charge is -2.24. The zero-order chi connectivity index (χ0) is 18.1. The molecule has 0 spiro atoms. The van der Waals surface area contributed by atoms with Crippen molar-refractivity contribution in [2.45, 2.75) is 39.2 Å². The van der Waals surface area contributed by atoms with Gasteiger partial charge in [0, 0.05) is 25.0 Å². The van der Waals surface area contributed by atoms with Crippen LogP contribution in [0.1, 0.15) is 37.8 Å². The summed E-state index contributed by atoms with van der Waals surface area (Å²) < 4.78 is 0. The van der Waals surface area contributed by atoms with Gasteiger partial charge in [-0.1, -0.05) is 49.4 Å². The van der Waals surface area contributed by atoms with Crippen LogP contribution in [-0.2, 0) is 6.42 Å². The van der Waals surface area contributed by atoms with Crippen molar-refractivity contribution in [2.24, 2.45) is 4.99 Å². The van der Waals surface area contributed by atoms with Gasteiger partial charge in [0.1, 0.15) is 5.75 Å². The van der Waals surface area contributed by atoms with Crippen LogP contribution >= 0.6 is 0 Å². The fraction of sp³-hybridized carbons (Fsp3) is 0.381. The van der Waals surface area contributed by atoms with E-state index in [-0.39, 0.29) is 6.04 Å². The molecule has 0 saturated carbocycles. The van der Waals surface area contributed by atoms with E-state index in [1.165, 1.54) is 5.56 Å². The Labute approximate surface area is 151 Å². The Bertz CT molecular complexity index is 670.